The molecule has 0 saturated carbocycles. The molecule has 1 heterocycles. The van der Waals surface area contributed by atoms with Crippen molar-refractivity contribution in [1.29, 1.82) is 0 Å². The van der Waals surface area contributed by atoms with Gasteiger partial charge in [-0.25, -0.2) is 0 Å². The molecule has 106 valence electrons. The van der Waals surface area contributed by atoms with Gasteiger partial charge in [0.2, 0.25) is 0 Å². The fourth-order valence-corrected chi connectivity index (χ4v) is 3.36. The van der Waals surface area contributed by atoms with Gasteiger partial charge >= 0.3 is 0 Å². The summed E-state index contributed by atoms with van der Waals surface area (Å²) < 4.78 is 0. The second-order valence-electron chi connectivity index (χ2n) is 6.16. The van der Waals surface area contributed by atoms with Crippen LogP contribution in [0.15, 0.2) is 18.2 Å². The highest BCUT2D eigenvalue weighted by atomic mass is 15.1. The van der Waals surface area contributed by atoms with Gasteiger partial charge in [0.1, 0.15) is 0 Å². The van der Waals surface area contributed by atoms with E-state index in [9.17, 15) is 0 Å². The van der Waals surface area contributed by atoms with Crippen molar-refractivity contribution >= 4 is 0 Å². The van der Waals surface area contributed by atoms with Crippen molar-refractivity contribution in [3.63, 3.8) is 0 Å². The first-order valence-corrected chi connectivity index (χ1v) is 7.61. The van der Waals surface area contributed by atoms with Crippen LogP contribution in [-0.4, -0.2) is 30.6 Å². The van der Waals surface area contributed by atoms with Crippen LogP contribution in [0, 0.1) is 19.8 Å². The molecule has 2 heteroatoms. The summed E-state index contributed by atoms with van der Waals surface area (Å²) in [6, 6.07) is 7.62. The monoisotopic (exact) mass is 260 g/mol. The number of hydrogen-bond acceptors (Lipinski definition) is 2. The van der Waals surface area contributed by atoms with Crippen LogP contribution in [0.4, 0.5) is 0 Å². The number of hydrogen-bond donors (Lipinski definition) is 1. The van der Waals surface area contributed by atoms with E-state index in [2.05, 4.69) is 56.1 Å². The lowest BCUT2D eigenvalue weighted by molar-refractivity contribution is 0.142. The molecule has 1 aromatic rings. The van der Waals surface area contributed by atoms with Crippen LogP contribution in [0.2, 0.25) is 0 Å². The first-order valence-electron chi connectivity index (χ1n) is 7.61. The highest BCUT2D eigenvalue weighted by Crippen LogP contribution is 2.19. The average molecular weight is 260 g/mol. The zero-order valence-corrected chi connectivity index (χ0v) is 12.9. The molecule has 2 unspecified atom stereocenters. The Labute approximate surface area is 118 Å². The maximum atomic E-state index is 3.61. The summed E-state index contributed by atoms with van der Waals surface area (Å²) in [5.41, 5.74) is 4.22. The molecule has 1 fully saturated rings. The van der Waals surface area contributed by atoms with Gasteiger partial charge in [-0.3, -0.25) is 4.90 Å². The lowest BCUT2D eigenvalue weighted by Crippen LogP contribution is -2.47. The van der Waals surface area contributed by atoms with Crippen molar-refractivity contribution in [2.75, 3.05) is 19.6 Å². The fraction of sp³-hybridized carbons (Fsp3) is 0.647. The highest BCUT2D eigenvalue weighted by molar-refractivity contribution is 5.28. The Morgan fingerprint density at radius 3 is 2.47 bits per heavy atom. The number of benzene rings is 1. The number of piperidine rings is 1. The molecule has 0 radical (unpaired) electrons. The van der Waals surface area contributed by atoms with Crippen LogP contribution < -0.4 is 5.32 Å². The summed E-state index contributed by atoms with van der Waals surface area (Å²) in [4.78, 5) is 2.60. The summed E-state index contributed by atoms with van der Waals surface area (Å²) in [6.07, 6.45) is 1.28. The van der Waals surface area contributed by atoms with Gasteiger partial charge in [0, 0.05) is 19.1 Å². The second kappa shape index (κ2) is 6.53. The van der Waals surface area contributed by atoms with Crippen LogP contribution >= 0.6 is 0 Å². The molecule has 2 rings (SSSR count). The Morgan fingerprint density at radius 2 is 1.89 bits per heavy atom. The third-order valence-electron chi connectivity index (χ3n) is 4.14. The third kappa shape index (κ3) is 4.05. The molecular weight excluding hydrogens is 232 g/mol. The van der Waals surface area contributed by atoms with Crippen molar-refractivity contribution in [3.05, 3.63) is 34.9 Å². The van der Waals surface area contributed by atoms with Gasteiger partial charge in [-0.05, 0) is 44.8 Å². The van der Waals surface area contributed by atoms with Crippen LogP contribution in [0.25, 0.3) is 0 Å². The topological polar surface area (TPSA) is 15.3 Å². The van der Waals surface area contributed by atoms with E-state index < -0.39 is 0 Å². The Hall–Kier alpha value is -0.860. The number of aryl methyl sites for hydroxylation is 2. The summed E-state index contributed by atoms with van der Waals surface area (Å²) in [5, 5.41) is 3.61. The van der Waals surface area contributed by atoms with Gasteiger partial charge in [0.25, 0.3) is 0 Å². The number of rotatable bonds is 4. The Balaban J connectivity index is 1.94. The quantitative estimate of drug-likeness (QED) is 0.895. The molecule has 0 bridgehead atoms. The van der Waals surface area contributed by atoms with Crippen LogP contribution in [-0.2, 0) is 6.54 Å². The van der Waals surface area contributed by atoms with Crippen molar-refractivity contribution in [2.45, 2.75) is 46.7 Å². The normalized spacial score (nSPS) is 24.6. The SMILES string of the molecule is CCNC1CCN(Cc2cc(C)cc(C)c2)CC1C. The highest BCUT2D eigenvalue weighted by Gasteiger charge is 2.25. The minimum Gasteiger partial charge on any atom is -0.314 e. The van der Waals surface area contributed by atoms with E-state index >= 15 is 0 Å². The van der Waals surface area contributed by atoms with Crippen molar-refractivity contribution in [2.24, 2.45) is 5.92 Å². The summed E-state index contributed by atoms with van der Waals surface area (Å²) in [6.45, 7) is 13.6. The Morgan fingerprint density at radius 1 is 1.21 bits per heavy atom. The first kappa shape index (κ1) is 14.5. The number of nitrogens with zero attached hydrogens (tertiary/aromatic N) is 1. The Bertz CT molecular complexity index is 393. The van der Waals surface area contributed by atoms with E-state index in [0.29, 0.717) is 6.04 Å². The molecule has 1 aromatic carbocycles. The molecule has 0 aromatic heterocycles. The van der Waals surface area contributed by atoms with Crippen LogP contribution in [0.3, 0.4) is 0 Å². The first-order chi connectivity index (χ1) is 9.08. The molecule has 0 aliphatic carbocycles. The second-order valence-corrected chi connectivity index (χ2v) is 6.16. The van der Waals surface area contributed by atoms with Crippen LogP contribution in [0.1, 0.15) is 37.0 Å². The molecular formula is C17H28N2. The predicted molar refractivity (Wildman–Crippen MR) is 82.4 cm³/mol. The maximum absolute atomic E-state index is 3.61. The smallest absolute Gasteiger partial charge is 0.0234 e. The van der Waals surface area contributed by atoms with E-state index in [1.54, 1.807) is 0 Å². The van der Waals surface area contributed by atoms with E-state index in [-0.39, 0.29) is 0 Å². The Kier molecular flexibility index (Phi) is 5.00. The minimum absolute atomic E-state index is 0.709. The summed E-state index contributed by atoms with van der Waals surface area (Å²) in [7, 11) is 0. The van der Waals surface area contributed by atoms with Gasteiger partial charge in [-0.1, -0.05) is 43.2 Å². The molecule has 1 aliphatic rings. The lowest BCUT2D eigenvalue weighted by atomic mass is 9.93. The van der Waals surface area contributed by atoms with Crippen molar-refractivity contribution in [1.82, 2.24) is 10.2 Å². The molecule has 0 spiro atoms. The maximum Gasteiger partial charge on any atom is 0.0234 e. The van der Waals surface area contributed by atoms with E-state index in [1.807, 2.05) is 0 Å². The summed E-state index contributed by atoms with van der Waals surface area (Å²) >= 11 is 0. The van der Waals surface area contributed by atoms with Crippen LogP contribution in [0.5, 0.6) is 0 Å². The number of nitrogens with one attached hydrogen (secondary N) is 1. The van der Waals surface area contributed by atoms with Crippen molar-refractivity contribution < 1.29 is 0 Å². The molecule has 1 N–H and O–H groups in total. The fourth-order valence-electron chi connectivity index (χ4n) is 3.36. The molecule has 0 amide bonds. The molecule has 1 aliphatic heterocycles. The van der Waals surface area contributed by atoms with E-state index in [0.717, 1.165) is 19.0 Å². The molecule has 2 atom stereocenters. The van der Waals surface area contributed by atoms with Gasteiger partial charge in [-0.2, -0.15) is 0 Å². The standard InChI is InChI=1S/C17H28N2/c1-5-18-17-6-7-19(11-15(17)4)12-16-9-13(2)8-14(3)10-16/h8-10,15,17-18H,5-7,11-12H2,1-4H3. The molecule has 1 saturated heterocycles. The summed E-state index contributed by atoms with van der Waals surface area (Å²) in [5.74, 6) is 0.750. The van der Waals surface area contributed by atoms with E-state index in [1.165, 1.54) is 36.2 Å². The zero-order chi connectivity index (χ0) is 13.8. The lowest BCUT2D eigenvalue weighted by Gasteiger charge is -2.37. The molecule has 19 heavy (non-hydrogen) atoms. The van der Waals surface area contributed by atoms with Gasteiger partial charge in [0.05, 0.1) is 0 Å². The van der Waals surface area contributed by atoms with Gasteiger partial charge < -0.3 is 5.32 Å². The zero-order valence-electron chi connectivity index (χ0n) is 12.9. The minimum atomic E-state index is 0.709. The molecule has 2 nitrogen and oxygen atoms in total. The van der Waals surface area contributed by atoms with Gasteiger partial charge in [-0.15, -0.1) is 0 Å². The predicted octanol–water partition coefficient (Wildman–Crippen LogP) is 3.12. The third-order valence-corrected chi connectivity index (χ3v) is 4.14. The van der Waals surface area contributed by atoms with Crippen molar-refractivity contribution in [3.8, 4) is 0 Å². The largest absolute Gasteiger partial charge is 0.314 e. The van der Waals surface area contributed by atoms with Gasteiger partial charge in [0.15, 0.2) is 0 Å². The average Bonchev–Trinajstić information content (AvgIpc) is 2.31. The van der Waals surface area contributed by atoms with E-state index in [4.69, 9.17) is 0 Å². The number of likely N-dealkylation sites (tertiary alicyclic amines) is 1.